The van der Waals surface area contributed by atoms with Crippen molar-refractivity contribution in [3.05, 3.63) is 47.3 Å². The molecule has 2 aromatic rings. The molecule has 0 N–H and O–H groups in total. The summed E-state index contributed by atoms with van der Waals surface area (Å²) >= 11 is 0. The normalized spacial score (nSPS) is 22.8. The fourth-order valence-corrected chi connectivity index (χ4v) is 5.91. The molecule has 1 aliphatic carbocycles. The molecule has 2 saturated heterocycles. The standard InChI is InChI=1S/C27H38N6/c1-2-13-31(12-1)25-8-6-22(7-9-25)21-30-14-10-23-20-28-27(29-26(23)11-15-30)33-18-16-32(17-19-33)24-4-3-5-24/h6-9,20,24H,1-5,10-19,21H2. The van der Waals surface area contributed by atoms with E-state index in [1.807, 2.05) is 0 Å². The zero-order valence-electron chi connectivity index (χ0n) is 20.0. The molecule has 0 bridgehead atoms. The molecular weight excluding hydrogens is 408 g/mol. The Balaban J connectivity index is 1.05. The number of rotatable bonds is 5. The van der Waals surface area contributed by atoms with Gasteiger partial charge in [0.05, 0.1) is 5.69 Å². The van der Waals surface area contributed by atoms with E-state index in [1.165, 1.54) is 67.7 Å². The van der Waals surface area contributed by atoms with Crippen molar-refractivity contribution in [2.45, 2.75) is 57.5 Å². The molecule has 1 aromatic heterocycles. The van der Waals surface area contributed by atoms with Gasteiger partial charge in [-0.25, -0.2) is 9.97 Å². The van der Waals surface area contributed by atoms with Gasteiger partial charge in [0, 0.05) is 83.2 Å². The lowest BCUT2D eigenvalue weighted by Gasteiger charge is -2.43. The summed E-state index contributed by atoms with van der Waals surface area (Å²) in [5.41, 5.74) is 5.42. The van der Waals surface area contributed by atoms with Crippen molar-refractivity contribution in [3.63, 3.8) is 0 Å². The van der Waals surface area contributed by atoms with Crippen LogP contribution in [0.3, 0.4) is 0 Å². The molecule has 33 heavy (non-hydrogen) atoms. The minimum atomic E-state index is 0.850. The third kappa shape index (κ3) is 4.73. The zero-order chi connectivity index (χ0) is 22.0. The van der Waals surface area contributed by atoms with E-state index in [0.29, 0.717) is 0 Å². The van der Waals surface area contributed by atoms with Crippen molar-refractivity contribution in [2.75, 3.05) is 62.2 Å². The van der Waals surface area contributed by atoms with Gasteiger partial charge in [-0.3, -0.25) is 9.80 Å². The van der Waals surface area contributed by atoms with E-state index in [0.717, 1.165) is 70.6 Å². The number of hydrogen-bond donors (Lipinski definition) is 0. The van der Waals surface area contributed by atoms with Gasteiger partial charge in [0.1, 0.15) is 0 Å². The van der Waals surface area contributed by atoms with Crippen molar-refractivity contribution >= 4 is 11.6 Å². The minimum Gasteiger partial charge on any atom is -0.372 e. The Hall–Kier alpha value is -2.18. The van der Waals surface area contributed by atoms with Gasteiger partial charge >= 0.3 is 0 Å². The maximum atomic E-state index is 5.06. The van der Waals surface area contributed by atoms with Crippen LogP contribution in [0.2, 0.25) is 0 Å². The molecule has 6 nitrogen and oxygen atoms in total. The highest BCUT2D eigenvalue weighted by molar-refractivity contribution is 5.48. The summed E-state index contributed by atoms with van der Waals surface area (Å²) in [6, 6.07) is 10.1. The fraction of sp³-hybridized carbons (Fsp3) is 0.630. The van der Waals surface area contributed by atoms with Gasteiger partial charge in [-0.05, 0) is 55.4 Å². The van der Waals surface area contributed by atoms with E-state index in [1.54, 1.807) is 0 Å². The van der Waals surface area contributed by atoms with Crippen molar-refractivity contribution in [3.8, 4) is 0 Å². The van der Waals surface area contributed by atoms with Crippen LogP contribution >= 0.6 is 0 Å². The molecule has 1 aromatic carbocycles. The van der Waals surface area contributed by atoms with Gasteiger partial charge in [0.2, 0.25) is 5.95 Å². The summed E-state index contributed by atoms with van der Waals surface area (Å²) in [4.78, 5) is 20.0. The number of benzene rings is 1. The largest absolute Gasteiger partial charge is 0.372 e. The summed E-state index contributed by atoms with van der Waals surface area (Å²) in [7, 11) is 0. The van der Waals surface area contributed by atoms with Gasteiger partial charge < -0.3 is 9.80 Å². The lowest BCUT2D eigenvalue weighted by molar-refractivity contribution is 0.120. The van der Waals surface area contributed by atoms with Gasteiger partial charge in [-0.1, -0.05) is 18.6 Å². The van der Waals surface area contributed by atoms with Crippen LogP contribution in [0.15, 0.2) is 30.5 Å². The van der Waals surface area contributed by atoms with Crippen LogP contribution < -0.4 is 9.80 Å². The number of piperazine rings is 1. The monoisotopic (exact) mass is 446 g/mol. The van der Waals surface area contributed by atoms with E-state index >= 15 is 0 Å². The molecule has 176 valence electrons. The van der Waals surface area contributed by atoms with Gasteiger partial charge in [0.15, 0.2) is 0 Å². The van der Waals surface area contributed by atoms with E-state index in [9.17, 15) is 0 Å². The highest BCUT2D eigenvalue weighted by atomic mass is 15.3. The summed E-state index contributed by atoms with van der Waals surface area (Å²) in [5.74, 6) is 0.952. The molecule has 1 saturated carbocycles. The molecule has 3 fully saturated rings. The van der Waals surface area contributed by atoms with Gasteiger partial charge in [-0.15, -0.1) is 0 Å². The summed E-state index contributed by atoms with van der Waals surface area (Å²) in [6.07, 6.45) is 11.1. The second-order valence-corrected chi connectivity index (χ2v) is 10.4. The van der Waals surface area contributed by atoms with Crippen LogP contribution in [-0.4, -0.2) is 78.2 Å². The topological polar surface area (TPSA) is 38.7 Å². The Kier molecular flexibility index (Phi) is 6.21. The molecule has 0 atom stereocenters. The van der Waals surface area contributed by atoms with Crippen LogP contribution in [0, 0.1) is 0 Å². The number of nitrogens with zero attached hydrogens (tertiary/aromatic N) is 6. The molecule has 0 spiro atoms. The fourth-order valence-electron chi connectivity index (χ4n) is 5.91. The first-order valence-electron chi connectivity index (χ1n) is 13.2. The first-order valence-corrected chi connectivity index (χ1v) is 13.2. The number of fused-ring (bicyclic) bond motifs is 1. The first kappa shape index (κ1) is 21.4. The van der Waals surface area contributed by atoms with Crippen LogP contribution in [0.4, 0.5) is 11.6 Å². The summed E-state index contributed by atoms with van der Waals surface area (Å²) < 4.78 is 0. The van der Waals surface area contributed by atoms with Crippen LogP contribution in [0.5, 0.6) is 0 Å². The van der Waals surface area contributed by atoms with E-state index < -0.39 is 0 Å². The molecule has 4 aliphatic rings. The minimum absolute atomic E-state index is 0.850. The van der Waals surface area contributed by atoms with Gasteiger partial charge in [-0.2, -0.15) is 0 Å². The third-order valence-corrected chi connectivity index (χ3v) is 8.31. The number of anilines is 2. The Bertz CT molecular complexity index is 926. The second-order valence-electron chi connectivity index (χ2n) is 10.4. The molecule has 4 heterocycles. The van der Waals surface area contributed by atoms with E-state index in [4.69, 9.17) is 9.97 Å². The third-order valence-electron chi connectivity index (χ3n) is 8.31. The lowest BCUT2D eigenvalue weighted by Crippen LogP contribution is -2.52. The predicted octanol–water partition coefficient (Wildman–Crippen LogP) is 3.35. The van der Waals surface area contributed by atoms with E-state index in [2.05, 4.69) is 50.1 Å². The molecule has 0 amide bonds. The quantitative estimate of drug-likeness (QED) is 0.701. The zero-order valence-corrected chi connectivity index (χ0v) is 20.0. The molecule has 3 aliphatic heterocycles. The van der Waals surface area contributed by atoms with Crippen LogP contribution in [-0.2, 0) is 19.4 Å². The maximum Gasteiger partial charge on any atom is 0.225 e. The van der Waals surface area contributed by atoms with Crippen LogP contribution in [0.25, 0.3) is 0 Å². The average Bonchev–Trinajstić information content (AvgIpc) is 3.29. The predicted molar refractivity (Wildman–Crippen MR) is 134 cm³/mol. The van der Waals surface area contributed by atoms with Crippen molar-refractivity contribution in [2.24, 2.45) is 0 Å². The molecule has 6 rings (SSSR count). The van der Waals surface area contributed by atoms with Crippen LogP contribution in [0.1, 0.15) is 48.9 Å². The molecular formula is C27H38N6. The molecule has 0 unspecified atom stereocenters. The lowest BCUT2D eigenvalue weighted by atomic mass is 9.91. The SMILES string of the molecule is c1cc(N2CCCC2)ccc1CN1CCc2cnc(N3CCN(C4CCC4)CC3)nc2CC1. The summed E-state index contributed by atoms with van der Waals surface area (Å²) in [6.45, 7) is 10.1. The van der Waals surface area contributed by atoms with Crippen molar-refractivity contribution in [1.82, 2.24) is 19.8 Å². The number of aromatic nitrogens is 2. The Morgan fingerprint density at radius 2 is 1.52 bits per heavy atom. The Morgan fingerprint density at radius 1 is 0.758 bits per heavy atom. The van der Waals surface area contributed by atoms with E-state index in [-0.39, 0.29) is 0 Å². The highest BCUT2D eigenvalue weighted by Crippen LogP contribution is 2.27. The number of hydrogen-bond acceptors (Lipinski definition) is 6. The highest BCUT2D eigenvalue weighted by Gasteiger charge is 2.29. The Morgan fingerprint density at radius 3 is 2.24 bits per heavy atom. The molecule has 6 heteroatoms. The van der Waals surface area contributed by atoms with Crippen molar-refractivity contribution < 1.29 is 0 Å². The molecule has 0 radical (unpaired) electrons. The average molecular weight is 447 g/mol. The van der Waals surface area contributed by atoms with Crippen molar-refractivity contribution in [1.29, 1.82) is 0 Å². The Labute approximate surface area is 198 Å². The smallest absolute Gasteiger partial charge is 0.225 e. The summed E-state index contributed by atoms with van der Waals surface area (Å²) in [5, 5.41) is 0. The van der Waals surface area contributed by atoms with Gasteiger partial charge in [0.25, 0.3) is 0 Å². The first-order chi connectivity index (χ1) is 16.3. The maximum absolute atomic E-state index is 5.06. The second kappa shape index (κ2) is 9.59.